The van der Waals surface area contributed by atoms with Crippen molar-refractivity contribution in [3.05, 3.63) is 0 Å². The van der Waals surface area contributed by atoms with Crippen LogP contribution in [0.2, 0.25) is 0 Å². The van der Waals surface area contributed by atoms with Gasteiger partial charge in [-0.25, -0.2) is 0 Å². The van der Waals surface area contributed by atoms with Crippen molar-refractivity contribution >= 4 is 11.9 Å². The van der Waals surface area contributed by atoms with Crippen LogP contribution in [0, 0.1) is 5.92 Å². The second-order valence-corrected chi connectivity index (χ2v) is 6.64. The van der Waals surface area contributed by atoms with Gasteiger partial charge in [-0.05, 0) is 38.0 Å². The SMILES string of the molecule is CC1CCCC(N2CCN=C2N2CCCCC2=O)CC1. The molecule has 2 atom stereocenters. The molecular formula is C16H27N3O. The molecular weight excluding hydrogens is 250 g/mol. The summed E-state index contributed by atoms with van der Waals surface area (Å²) < 4.78 is 0. The predicted octanol–water partition coefficient (Wildman–Crippen LogP) is 2.64. The Bertz CT molecular complexity index is 393. The van der Waals surface area contributed by atoms with Crippen molar-refractivity contribution in [1.29, 1.82) is 0 Å². The molecule has 0 aromatic rings. The quantitative estimate of drug-likeness (QED) is 0.691. The van der Waals surface area contributed by atoms with Crippen molar-refractivity contribution in [3.63, 3.8) is 0 Å². The normalized spacial score (nSPS) is 32.2. The summed E-state index contributed by atoms with van der Waals surface area (Å²) >= 11 is 0. The monoisotopic (exact) mass is 277 g/mol. The topological polar surface area (TPSA) is 35.9 Å². The summed E-state index contributed by atoms with van der Waals surface area (Å²) in [7, 11) is 0. The minimum absolute atomic E-state index is 0.281. The van der Waals surface area contributed by atoms with E-state index in [4.69, 9.17) is 0 Å². The first kappa shape index (κ1) is 13.9. The summed E-state index contributed by atoms with van der Waals surface area (Å²) in [5.41, 5.74) is 0. The van der Waals surface area contributed by atoms with Crippen LogP contribution in [0.1, 0.15) is 58.3 Å². The van der Waals surface area contributed by atoms with Gasteiger partial charge in [0.15, 0.2) is 0 Å². The van der Waals surface area contributed by atoms with Crippen LogP contribution >= 0.6 is 0 Å². The Morgan fingerprint density at radius 2 is 1.95 bits per heavy atom. The number of rotatable bonds is 1. The molecule has 1 aliphatic carbocycles. The molecule has 0 aromatic carbocycles. The molecule has 3 aliphatic rings. The van der Waals surface area contributed by atoms with Gasteiger partial charge >= 0.3 is 0 Å². The number of guanidine groups is 1. The van der Waals surface area contributed by atoms with E-state index < -0.39 is 0 Å². The average molecular weight is 277 g/mol. The van der Waals surface area contributed by atoms with Gasteiger partial charge in [0.25, 0.3) is 0 Å². The Morgan fingerprint density at radius 3 is 2.80 bits per heavy atom. The summed E-state index contributed by atoms with van der Waals surface area (Å²) in [5.74, 6) is 2.14. The van der Waals surface area contributed by atoms with Crippen LogP contribution in [0.15, 0.2) is 4.99 Å². The zero-order valence-corrected chi connectivity index (χ0v) is 12.7. The highest BCUT2D eigenvalue weighted by Gasteiger charge is 2.33. The Labute approximate surface area is 122 Å². The molecule has 0 bridgehead atoms. The van der Waals surface area contributed by atoms with Crippen LogP contribution in [-0.2, 0) is 4.79 Å². The van der Waals surface area contributed by atoms with Gasteiger partial charge in [0.1, 0.15) is 0 Å². The van der Waals surface area contributed by atoms with E-state index in [2.05, 4.69) is 16.8 Å². The van der Waals surface area contributed by atoms with Gasteiger partial charge in [-0.3, -0.25) is 14.7 Å². The standard InChI is InChI=1S/C16H27N3O/c1-13-5-4-6-14(9-8-13)18-12-10-17-16(18)19-11-3-2-7-15(19)20/h13-14H,2-12H2,1H3. The van der Waals surface area contributed by atoms with E-state index in [9.17, 15) is 4.79 Å². The maximum Gasteiger partial charge on any atom is 0.229 e. The van der Waals surface area contributed by atoms with E-state index in [-0.39, 0.29) is 5.91 Å². The molecule has 2 fully saturated rings. The summed E-state index contributed by atoms with van der Waals surface area (Å²) in [5, 5.41) is 0. The molecule has 2 aliphatic heterocycles. The van der Waals surface area contributed by atoms with Gasteiger partial charge < -0.3 is 4.90 Å². The number of hydrogen-bond acceptors (Lipinski definition) is 3. The van der Waals surface area contributed by atoms with Crippen LogP contribution in [0.4, 0.5) is 0 Å². The van der Waals surface area contributed by atoms with Crippen molar-refractivity contribution in [2.45, 2.75) is 64.3 Å². The number of amides is 1. The molecule has 2 unspecified atom stereocenters. The molecule has 0 N–H and O–H groups in total. The molecule has 1 amide bonds. The zero-order valence-electron chi connectivity index (χ0n) is 12.7. The molecule has 2 heterocycles. The van der Waals surface area contributed by atoms with Gasteiger partial charge in [0, 0.05) is 25.6 Å². The Kier molecular flexibility index (Phi) is 4.27. The first-order chi connectivity index (χ1) is 9.75. The lowest BCUT2D eigenvalue weighted by Gasteiger charge is -2.36. The van der Waals surface area contributed by atoms with E-state index in [1.165, 1.54) is 32.1 Å². The molecule has 20 heavy (non-hydrogen) atoms. The molecule has 4 heteroatoms. The fraction of sp³-hybridized carbons (Fsp3) is 0.875. The van der Waals surface area contributed by atoms with Gasteiger partial charge in [-0.15, -0.1) is 0 Å². The lowest BCUT2D eigenvalue weighted by molar-refractivity contribution is -0.129. The number of hydrogen-bond donors (Lipinski definition) is 0. The van der Waals surface area contributed by atoms with Crippen LogP contribution in [-0.4, -0.2) is 47.3 Å². The number of likely N-dealkylation sites (tertiary alicyclic amines) is 1. The summed E-state index contributed by atoms with van der Waals surface area (Å²) in [6.07, 6.45) is 9.41. The highest BCUT2D eigenvalue weighted by molar-refractivity contribution is 5.98. The van der Waals surface area contributed by atoms with Crippen molar-refractivity contribution in [2.75, 3.05) is 19.6 Å². The first-order valence-corrected chi connectivity index (χ1v) is 8.37. The summed E-state index contributed by atoms with van der Waals surface area (Å²) in [4.78, 5) is 21.2. The highest BCUT2D eigenvalue weighted by Crippen LogP contribution is 2.28. The van der Waals surface area contributed by atoms with E-state index in [1.54, 1.807) is 0 Å². The van der Waals surface area contributed by atoms with Crippen molar-refractivity contribution in [1.82, 2.24) is 9.80 Å². The lowest BCUT2D eigenvalue weighted by atomic mass is 10.0. The average Bonchev–Trinajstić information content (AvgIpc) is 2.82. The van der Waals surface area contributed by atoms with Gasteiger partial charge in [0.2, 0.25) is 11.9 Å². The Balaban J connectivity index is 1.69. The van der Waals surface area contributed by atoms with Gasteiger partial charge in [0.05, 0.1) is 6.54 Å². The van der Waals surface area contributed by atoms with Crippen molar-refractivity contribution < 1.29 is 4.79 Å². The first-order valence-electron chi connectivity index (χ1n) is 8.37. The van der Waals surface area contributed by atoms with Crippen molar-refractivity contribution in [3.8, 4) is 0 Å². The summed E-state index contributed by atoms with van der Waals surface area (Å²) in [6.45, 7) is 5.12. The fourth-order valence-corrected chi connectivity index (χ4v) is 3.83. The van der Waals surface area contributed by atoms with Gasteiger partial charge in [-0.1, -0.05) is 19.8 Å². The fourth-order valence-electron chi connectivity index (χ4n) is 3.83. The van der Waals surface area contributed by atoms with Crippen LogP contribution in [0.25, 0.3) is 0 Å². The third-order valence-electron chi connectivity index (χ3n) is 5.08. The number of carbonyl (C=O) groups is 1. The lowest BCUT2D eigenvalue weighted by Crippen LogP contribution is -2.50. The maximum atomic E-state index is 12.1. The largest absolute Gasteiger partial charge is 0.338 e. The zero-order chi connectivity index (χ0) is 13.9. The van der Waals surface area contributed by atoms with Crippen LogP contribution in [0.3, 0.4) is 0 Å². The number of carbonyl (C=O) groups excluding carboxylic acids is 1. The van der Waals surface area contributed by atoms with E-state index in [1.807, 2.05) is 4.90 Å². The van der Waals surface area contributed by atoms with Gasteiger partial charge in [-0.2, -0.15) is 0 Å². The van der Waals surface area contributed by atoms with E-state index in [0.717, 1.165) is 44.4 Å². The van der Waals surface area contributed by atoms with E-state index >= 15 is 0 Å². The second-order valence-electron chi connectivity index (χ2n) is 6.64. The predicted molar refractivity (Wildman–Crippen MR) is 80.6 cm³/mol. The second kappa shape index (κ2) is 6.15. The Morgan fingerprint density at radius 1 is 1.05 bits per heavy atom. The highest BCUT2D eigenvalue weighted by atomic mass is 16.2. The molecule has 4 nitrogen and oxygen atoms in total. The number of aliphatic imine (C=N–C) groups is 1. The molecule has 1 saturated heterocycles. The van der Waals surface area contributed by atoms with E-state index in [0.29, 0.717) is 12.5 Å². The number of nitrogens with zero attached hydrogens (tertiary/aromatic N) is 3. The third-order valence-corrected chi connectivity index (χ3v) is 5.08. The number of piperidine rings is 1. The molecule has 0 aromatic heterocycles. The molecule has 1 saturated carbocycles. The smallest absolute Gasteiger partial charge is 0.229 e. The molecule has 112 valence electrons. The third kappa shape index (κ3) is 2.84. The maximum absolute atomic E-state index is 12.1. The Hall–Kier alpha value is -1.06. The molecule has 0 spiro atoms. The minimum atomic E-state index is 0.281. The van der Waals surface area contributed by atoms with Crippen LogP contribution in [0.5, 0.6) is 0 Å². The summed E-state index contributed by atoms with van der Waals surface area (Å²) in [6, 6.07) is 0.607. The molecule has 3 rings (SSSR count). The minimum Gasteiger partial charge on any atom is -0.338 e. The van der Waals surface area contributed by atoms with Crippen LogP contribution < -0.4 is 0 Å². The van der Waals surface area contributed by atoms with Crippen molar-refractivity contribution in [2.24, 2.45) is 10.9 Å². The molecule has 0 radical (unpaired) electrons.